The molecule has 2 fully saturated rings. The number of alkyl halides is 1. The fraction of sp³-hybridized carbons (Fsp3) is 0.857. The molecule has 0 aromatic heterocycles. The standard InChI is InChI=1S/C7H9IO2/c8-5-2-1-4-3-6(9)10-7(4)5/h4-5,7H,1-3H2/t4-,5+,7+/m0/s1. The Morgan fingerprint density at radius 2 is 2.30 bits per heavy atom. The molecule has 0 aromatic carbocycles. The van der Waals surface area contributed by atoms with Crippen LogP contribution in [0.15, 0.2) is 0 Å². The molecule has 0 unspecified atom stereocenters. The van der Waals surface area contributed by atoms with E-state index in [0.29, 0.717) is 16.3 Å². The lowest BCUT2D eigenvalue weighted by molar-refractivity contribution is -0.141. The monoisotopic (exact) mass is 252 g/mol. The average molecular weight is 252 g/mol. The molecule has 0 aromatic rings. The van der Waals surface area contributed by atoms with Crippen LogP contribution in [0.25, 0.3) is 0 Å². The van der Waals surface area contributed by atoms with Gasteiger partial charge in [-0.2, -0.15) is 0 Å². The molecule has 0 N–H and O–H groups in total. The fourth-order valence-corrected chi connectivity index (χ4v) is 2.89. The first-order valence-corrected chi connectivity index (χ1v) is 4.85. The summed E-state index contributed by atoms with van der Waals surface area (Å²) in [6, 6.07) is 0. The Balaban J connectivity index is 2.12. The van der Waals surface area contributed by atoms with Crippen LogP contribution in [-0.2, 0) is 9.53 Å². The van der Waals surface area contributed by atoms with Gasteiger partial charge in [0.05, 0.1) is 6.42 Å². The second-order valence-corrected chi connectivity index (χ2v) is 4.61. The molecule has 2 rings (SSSR count). The number of ether oxygens (including phenoxy) is 1. The minimum Gasteiger partial charge on any atom is -0.461 e. The normalized spacial score (nSPS) is 45.3. The van der Waals surface area contributed by atoms with Crippen LogP contribution in [0.1, 0.15) is 19.3 Å². The molecular formula is C7H9IO2. The van der Waals surface area contributed by atoms with Gasteiger partial charge in [0.15, 0.2) is 0 Å². The molecule has 3 heteroatoms. The van der Waals surface area contributed by atoms with Crippen molar-refractivity contribution in [3.63, 3.8) is 0 Å². The van der Waals surface area contributed by atoms with Gasteiger partial charge in [0.1, 0.15) is 6.10 Å². The Bertz CT molecular complexity index is 169. The number of halogens is 1. The van der Waals surface area contributed by atoms with Crippen molar-refractivity contribution in [2.75, 3.05) is 0 Å². The number of rotatable bonds is 0. The maximum Gasteiger partial charge on any atom is 0.306 e. The highest BCUT2D eigenvalue weighted by Gasteiger charge is 2.43. The van der Waals surface area contributed by atoms with E-state index in [0.717, 1.165) is 0 Å². The zero-order valence-electron chi connectivity index (χ0n) is 5.55. The molecule has 0 radical (unpaired) electrons. The van der Waals surface area contributed by atoms with Crippen LogP contribution in [0, 0.1) is 5.92 Å². The van der Waals surface area contributed by atoms with E-state index in [-0.39, 0.29) is 12.1 Å². The summed E-state index contributed by atoms with van der Waals surface area (Å²) >= 11 is 2.38. The minimum absolute atomic E-state index is 0.0105. The molecule has 0 spiro atoms. The van der Waals surface area contributed by atoms with E-state index in [1.165, 1.54) is 12.8 Å². The molecule has 56 valence electrons. The van der Waals surface area contributed by atoms with Crippen LogP contribution in [0.3, 0.4) is 0 Å². The van der Waals surface area contributed by atoms with Crippen LogP contribution in [0.4, 0.5) is 0 Å². The van der Waals surface area contributed by atoms with E-state index in [4.69, 9.17) is 4.74 Å². The summed E-state index contributed by atoms with van der Waals surface area (Å²) in [5.74, 6) is 0.561. The van der Waals surface area contributed by atoms with E-state index in [1.54, 1.807) is 0 Å². The summed E-state index contributed by atoms with van der Waals surface area (Å²) in [5.41, 5.74) is 0. The highest BCUT2D eigenvalue weighted by atomic mass is 127. The quantitative estimate of drug-likeness (QED) is 0.371. The molecule has 0 amide bonds. The molecule has 0 bridgehead atoms. The average Bonchev–Trinajstić information content (AvgIpc) is 2.35. The van der Waals surface area contributed by atoms with Crippen molar-refractivity contribution in [3.8, 4) is 0 Å². The van der Waals surface area contributed by atoms with Crippen LogP contribution >= 0.6 is 22.6 Å². The molecular weight excluding hydrogens is 243 g/mol. The van der Waals surface area contributed by atoms with Gasteiger partial charge in [0.2, 0.25) is 0 Å². The minimum atomic E-state index is 0.0105. The van der Waals surface area contributed by atoms with Gasteiger partial charge in [0, 0.05) is 9.84 Å². The van der Waals surface area contributed by atoms with Gasteiger partial charge in [-0.05, 0) is 12.8 Å². The first-order chi connectivity index (χ1) is 4.77. The number of carbonyl (C=O) groups is 1. The van der Waals surface area contributed by atoms with Gasteiger partial charge in [0.25, 0.3) is 0 Å². The number of carbonyl (C=O) groups excluding carboxylic acids is 1. The van der Waals surface area contributed by atoms with Crippen LogP contribution < -0.4 is 0 Å². The van der Waals surface area contributed by atoms with Crippen molar-refractivity contribution in [2.45, 2.75) is 29.3 Å². The van der Waals surface area contributed by atoms with Crippen molar-refractivity contribution >= 4 is 28.6 Å². The largest absolute Gasteiger partial charge is 0.461 e. The summed E-state index contributed by atoms with van der Waals surface area (Å²) in [4.78, 5) is 10.8. The van der Waals surface area contributed by atoms with Crippen molar-refractivity contribution < 1.29 is 9.53 Å². The van der Waals surface area contributed by atoms with Crippen molar-refractivity contribution in [2.24, 2.45) is 5.92 Å². The maximum absolute atomic E-state index is 10.8. The molecule has 1 saturated heterocycles. The predicted octanol–water partition coefficient (Wildman–Crippen LogP) is 1.52. The first kappa shape index (κ1) is 6.88. The van der Waals surface area contributed by atoms with E-state index in [9.17, 15) is 4.79 Å². The first-order valence-electron chi connectivity index (χ1n) is 3.61. The van der Waals surface area contributed by atoms with Gasteiger partial charge in [-0.25, -0.2) is 0 Å². The summed E-state index contributed by atoms with van der Waals surface area (Å²) in [6.45, 7) is 0. The summed E-state index contributed by atoms with van der Waals surface area (Å²) in [5, 5.41) is 0. The number of esters is 1. The third kappa shape index (κ3) is 0.946. The summed E-state index contributed by atoms with van der Waals surface area (Å²) in [6.07, 6.45) is 3.34. The van der Waals surface area contributed by atoms with Gasteiger partial charge in [-0.15, -0.1) is 0 Å². The molecule has 1 aliphatic carbocycles. The topological polar surface area (TPSA) is 26.3 Å². The maximum atomic E-state index is 10.8. The summed E-state index contributed by atoms with van der Waals surface area (Å²) < 4.78 is 5.73. The van der Waals surface area contributed by atoms with E-state index in [2.05, 4.69) is 22.6 Å². The molecule has 2 nitrogen and oxygen atoms in total. The van der Waals surface area contributed by atoms with Gasteiger partial charge < -0.3 is 4.74 Å². The molecule has 2 aliphatic rings. The number of fused-ring (bicyclic) bond motifs is 1. The third-order valence-electron chi connectivity index (χ3n) is 2.33. The summed E-state index contributed by atoms with van der Waals surface area (Å²) in [7, 11) is 0. The van der Waals surface area contributed by atoms with Gasteiger partial charge in [-0.1, -0.05) is 22.6 Å². The van der Waals surface area contributed by atoms with E-state index >= 15 is 0 Å². The highest BCUT2D eigenvalue weighted by Crippen LogP contribution is 2.40. The van der Waals surface area contributed by atoms with E-state index < -0.39 is 0 Å². The number of hydrogen-bond donors (Lipinski definition) is 0. The molecule has 1 saturated carbocycles. The van der Waals surface area contributed by atoms with Gasteiger partial charge >= 0.3 is 5.97 Å². The Morgan fingerprint density at radius 1 is 1.50 bits per heavy atom. The third-order valence-corrected chi connectivity index (χ3v) is 3.66. The lowest BCUT2D eigenvalue weighted by Crippen LogP contribution is -2.17. The lowest BCUT2D eigenvalue weighted by atomic mass is 10.1. The smallest absolute Gasteiger partial charge is 0.306 e. The Kier molecular flexibility index (Phi) is 1.62. The Hall–Kier alpha value is 0.200. The molecule has 1 heterocycles. The Morgan fingerprint density at radius 3 is 3.00 bits per heavy atom. The zero-order chi connectivity index (χ0) is 7.14. The second kappa shape index (κ2) is 2.36. The van der Waals surface area contributed by atoms with Crippen LogP contribution in [0.5, 0.6) is 0 Å². The van der Waals surface area contributed by atoms with Gasteiger partial charge in [-0.3, -0.25) is 4.79 Å². The second-order valence-electron chi connectivity index (χ2n) is 3.01. The zero-order valence-corrected chi connectivity index (χ0v) is 7.71. The predicted molar refractivity (Wildman–Crippen MR) is 45.0 cm³/mol. The lowest BCUT2D eigenvalue weighted by Gasteiger charge is -2.09. The molecule has 1 aliphatic heterocycles. The SMILES string of the molecule is O=C1C[C@@H]2CC[C@@H](I)[C@@H]2O1. The molecule has 10 heavy (non-hydrogen) atoms. The van der Waals surface area contributed by atoms with Crippen molar-refractivity contribution in [1.82, 2.24) is 0 Å². The number of hydrogen-bond acceptors (Lipinski definition) is 2. The van der Waals surface area contributed by atoms with E-state index in [1.807, 2.05) is 0 Å². The highest BCUT2D eigenvalue weighted by molar-refractivity contribution is 14.1. The Labute approximate surface area is 73.5 Å². The fourth-order valence-electron chi connectivity index (χ4n) is 1.80. The van der Waals surface area contributed by atoms with Crippen LogP contribution in [0.2, 0.25) is 0 Å². The van der Waals surface area contributed by atoms with Crippen LogP contribution in [-0.4, -0.2) is 16.0 Å². The van der Waals surface area contributed by atoms with Crippen molar-refractivity contribution in [3.05, 3.63) is 0 Å². The van der Waals surface area contributed by atoms with Crippen molar-refractivity contribution in [1.29, 1.82) is 0 Å². The molecule has 3 atom stereocenters.